The molecule has 0 bridgehead atoms. The van der Waals surface area contributed by atoms with Crippen LogP contribution in [0.1, 0.15) is 80.9 Å². The molecular formula is C22H31N5OS. The lowest BCUT2D eigenvalue weighted by Gasteiger charge is -2.10. The van der Waals surface area contributed by atoms with E-state index in [4.69, 9.17) is 9.72 Å². The fourth-order valence-electron chi connectivity index (χ4n) is 3.15. The van der Waals surface area contributed by atoms with E-state index in [0.29, 0.717) is 5.92 Å². The van der Waals surface area contributed by atoms with Crippen molar-refractivity contribution in [3.8, 4) is 11.4 Å². The second kappa shape index (κ2) is 9.96. The molecule has 0 saturated carbocycles. The SMILES string of the molecule is COc1ccc(-n2nnc(C(C)C)n2)cc1CCCCCc1csc(C(C)C)n1. The van der Waals surface area contributed by atoms with Crippen LogP contribution in [0.15, 0.2) is 23.6 Å². The Hall–Kier alpha value is -2.28. The Balaban J connectivity index is 1.56. The minimum absolute atomic E-state index is 0.260. The Bertz CT molecular complexity index is 916. The van der Waals surface area contributed by atoms with E-state index < -0.39 is 0 Å². The molecule has 156 valence electrons. The number of ether oxygens (including phenoxy) is 1. The summed E-state index contributed by atoms with van der Waals surface area (Å²) >= 11 is 1.78. The van der Waals surface area contributed by atoms with Crippen molar-refractivity contribution in [2.45, 2.75) is 71.6 Å². The molecule has 0 aliphatic carbocycles. The minimum Gasteiger partial charge on any atom is -0.496 e. The number of aryl methyl sites for hydroxylation is 2. The summed E-state index contributed by atoms with van der Waals surface area (Å²) in [5.41, 5.74) is 3.34. The van der Waals surface area contributed by atoms with Gasteiger partial charge in [0, 0.05) is 17.2 Å². The quantitative estimate of drug-likeness (QED) is 0.420. The summed E-state index contributed by atoms with van der Waals surface area (Å²) in [5, 5.41) is 16.3. The van der Waals surface area contributed by atoms with Crippen LogP contribution >= 0.6 is 11.3 Å². The highest BCUT2D eigenvalue weighted by Crippen LogP contribution is 2.24. The van der Waals surface area contributed by atoms with Crippen molar-refractivity contribution in [3.63, 3.8) is 0 Å². The van der Waals surface area contributed by atoms with E-state index in [1.165, 1.54) is 22.7 Å². The largest absolute Gasteiger partial charge is 0.496 e. The number of tetrazole rings is 1. The summed E-state index contributed by atoms with van der Waals surface area (Å²) in [6.45, 7) is 8.53. The van der Waals surface area contributed by atoms with Gasteiger partial charge in [0.15, 0.2) is 5.82 Å². The topological polar surface area (TPSA) is 65.7 Å². The zero-order valence-electron chi connectivity index (χ0n) is 18.1. The van der Waals surface area contributed by atoms with Gasteiger partial charge in [0.2, 0.25) is 0 Å². The zero-order chi connectivity index (χ0) is 20.8. The molecule has 29 heavy (non-hydrogen) atoms. The van der Waals surface area contributed by atoms with Crippen LogP contribution in [0.4, 0.5) is 0 Å². The molecule has 0 radical (unpaired) electrons. The highest BCUT2D eigenvalue weighted by atomic mass is 32.1. The van der Waals surface area contributed by atoms with Gasteiger partial charge in [-0.05, 0) is 54.7 Å². The van der Waals surface area contributed by atoms with E-state index in [1.807, 2.05) is 12.1 Å². The van der Waals surface area contributed by atoms with Crippen LogP contribution in [-0.2, 0) is 12.8 Å². The lowest BCUT2D eigenvalue weighted by Crippen LogP contribution is -2.02. The van der Waals surface area contributed by atoms with Crippen LogP contribution in [0.2, 0.25) is 0 Å². The van der Waals surface area contributed by atoms with E-state index in [-0.39, 0.29) is 5.92 Å². The molecule has 2 aromatic heterocycles. The van der Waals surface area contributed by atoms with E-state index in [2.05, 4.69) is 54.6 Å². The molecule has 3 aromatic rings. The van der Waals surface area contributed by atoms with Gasteiger partial charge in [-0.1, -0.05) is 34.1 Å². The number of benzene rings is 1. The molecule has 3 rings (SSSR count). The average molecular weight is 414 g/mol. The Kier molecular flexibility index (Phi) is 7.36. The molecule has 0 amide bonds. The smallest absolute Gasteiger partial charge is 0.177 e. The standard InChI is InChI=1S/C22H31N5OS/c1-15(2)21-24-26-27(25-21)19-11-12-20(28-5)17(13-19)9-7-6-8-10-18-14-29-22(23-18)16(3)4/h11-16H,6-10H2,1-5H3. The van der Waals surface area contributed by atoms with E-state index >= 15 is 0 Å². The first-order valence-electron chi connectivity index (χ1n) is 10.4. The molecule has 0 spiro atoms. The first kappa shape index (κ1) is 21.4. The van der Waals surface area contributed by atoms with Crippen molar-refractivity contribution in [2.24, 2.45) is 0 Å². The summed E-state index contributed by atoms with van der Waals surface area (Å²) in [5.74, 6) is 2.45. The van der Waals surface area contributed by atoms with Crippen LogP contribution in [0.5, 0.6) is 5.75 Å². The lowest BCUT2D eigenvalue weighted by atomic mass is 10.0. The van der Waals surface area contributed by atoms with Gasteiger partial charge in [0.25, 0.3) is 0 Å². The van der Waals surface area contributed by atoms with Gasteiger partial charge in [-0.2, -0.15) is 0 Å². The maximum Gasteiger partial charge on any atom is 0.177 e. The van der Waals surface area contributed by atoms with Gasteiger partial charge in [0.1, 0.15) is 5.75 Å². The van der Waals surface area contributed by atoms with E-state index in [1.54, 1.807) is 23.2 Å². The predicted octanol–water partition coefficient (Wildman–Crippen LogP) is 5.33. The van der Waals surface area contributed by atoms with Crippen LogP contribution < -0.4 is 4.74 Å². The summed E-state index contributed by atoms with van der Waals surface area (Å²) < 4.78 is 5.56. The fraction of sp³-hybridized carbons (Fsp3) is 0.545. The van der Waals surface area contributed by atoms with Gasteiger partial charge in [-0.25, -0.2) is 4.98 Å². The van der Waals surface area contributed by atoms with Gasteiger partial charge in [-0.3, -0.25) is 0 Å². The molecule has 0 fully saturated rings. The maximum atomic E-state index is 5.56. The van der Waals surface area contributed by atoms with Crippen LogP contribution in [0.3, 0.4) is 0 Å². The molecular weight excluding hydrogens is 382 g/mol. The molecule has 1 aromatic carbocycles. The maximum absolute atomic E-state index is 5.56. The Morgan fingerprint density at radius 2 is 1.83 bits per heavy atom. The summed E-state index contributed by atoms with van der Waals surface area (Å²) in [6, 6.07) is 6.08. The second-order valence-electron chi connectivity index (χ2n) is 7.98. The zero-order valence-corrected chi connectivity index (χ0v) is 18.9. The first-order chi connectivity index (χ1) is 14.0. The lowest BCUT2D eigenvalue weighted by molar-refractivity contribution is 0.408. The molecule has 0 aliphatic rings. The third-order valence-electron chi connectivity index (χ3n) is 4.88. The number of hydrogen-bond donors (Lipinski definition) is 0. The third kappa shape index (κ3) is 5.63. The highest BCUT2D eigenvalue weighted by Gasteiger charge is 2.11. The van der Waals surface area contributed by atoms with Crippen molar-refractivity contribution in [2.75, 3.05) is 7.11 Å². The Morgan fingerprint density at radius 3 is 2.48 bits per heavy atom. The number of thiazole rings is 1. The Morgan fingerprint density at radius 1 is 1.03 bits per heavy atom. The van der Waals surface area contributed by atoms with E-state index in [9.17, 15) is 0 Å². The number of hydrogen-bond acceptors (Lipinski definition) is 6. The highest BCUT2D eigenvalue weighted by molar-refractivity contribution is 7.09. The summed E-state index contributed by atoms with van der Waals surface area (Å²) in [7, 11) is 1.72. The molecule has 0 unspecified atom stereocenters. The first-order valence-corrected chi connectivity index (χ1v) is 11.3. The average Bonchev–Trinajstić information content (AvgIpc) is 3.37. The van der Waals surface area contributed by atoms with Crippen LogP contribution in [0.25, 0.3) is 5.69 Å². The number of unbranched alkanes of at least 4 members (excludes halogenated alkanes) is 2. The number of rotatable bonds is 10. The number of aromatic nitrogens is 5. The van der Waals surface area contributed by atoms with Crippen molar-refractivity contribution in [1.82, 2.24) is 25.2 Å². The van der Waals surface area contributed by atoms with Gasteiger partial charge in [0.05, 0.1) is 23.5 Å². The second-order valence-corrected chi connectivity index (χ2v) is 8.87. The Labute approximate surface area is 177 Å². The van der Waals surface area contributed by atoms with Gasteiger partial charge >= 0.3 is 0 Å². The van der Waals surface area contributed by atoms with Gasteiger partial charge in [-0.15, -0.1) is 26.3 Å². The van der Waals surface area contributed by atoms with Crippen LogP contribution in [-0.4, -0.2) is 32.3 Å². The fourth-order valence-corrected chi connectivity index (χ4v) is 4.02. The predicted molar refractivity (Wildman–Crippen MR) is 117 cm³/mol. The molecule has 0 aliphatic heterocycles. The summed E-state index contributed by atoms with van der Waals surface area (Å²) in [6.07, 6.45) is 5.47. The molecule has 7 heteroatoms. The van der Waals surface area contributed by atoms with Crippen molar-refractivity contribution in [1.29, 1.82) is 0 Å². The molecule has 2 heterocycles. The molecule has 0 saturated heterocycles. The number of nitrogens with zero attached hydrogens (tertiary/aromatic N) is 5. The summed E-state index contributed by atoms with van der Waals surface area (Å²) in [4.78, 5) is 6.33. The normalized spacial score (nSPS) is 11.6. The third-order valence-corrected chi connectivity index (χ3v) is 6.08. The molecule has 0 atom stereocenters. The van der Waals surface area contributed by atoms with Crippen molar-refractivity contribution in [3.05, 3.63) is 45.7 Å². The minimum atomic E-state index is 0.260. The monoisotopic (exact) mass is 413 g/mol. The van der Waals surface area contributed by atoms with E-state index in [0.717, 1.165) is 42.9 Å². The van der Waals surface area contributed by atoms with Crippen molar-refractivity contribution >= 4 is 11.3 Å². The van der Waals surface area contributed by atoms with Gasteiger partial charge < -0.3 is 4.74 Å². The number of methoxy groups -OCH3 is 1. The van der Waals surface area contributed by atoms with Crippen molar-refractivity contribution < 1.29 is 4.74 Å². The molecule has 0 N–H and O–H groups in total. The van der Waals surface area contributed by atoms with Crippen LogP contribution in [0, 0.1) is 0 Å². The molecule has 6 nitrogen and oxygen atoms in total.